The summed E-state index contributed by atoms with van der Waals surface area (Å²) < 4.78 is 5.43. The van der Waals surface area contributed by atoms with E-state index in [4.69, 9.17) is 21.3 Å². The molecule has 5 N–H and O–H groups in total. The van der Waals surface area contributed by atoms with Crippen molar-refractivity contribution in [1.29, 1.82) is 0 Å². The van der Waals surface area contributed by atoms with Crippen LogP contribution in [-0.4, -0.2) is 29.0 Å². The Morgan fingerprint density at radius 2 is 1.81 bits per heavy atom. The largest absolute Gasteiger partial charge is 0.480 e. The smallest absolute Gasteiger partial charge is 0.320 e. The predicted molar refractivity (Wildman–Crippen MR) is 99.2 cm³/mol. The van der Waals surface area contributed by atoms with E-state index in [1.807, 2.05) is 30.3 Å². The number of carboxylic acids is 1. The molecule has 1 aromatic rings. The zero-order valence-corrected chi connectivity index (χ0v) is 15.4. The summed E-state index contributed by atoms with van der Waals surface area (Å²) >= 11 is 0. The van der Waals surface area contributed by atoms with E-state index in [2.05, 4.69) is 0 Å². The fourth-order valence-corrected chi connectivity index (χ4v) is 3.73. The van der Waals surface area contributed by atoms with Crippen LogP contribution in [0.25, 0.3) is 0 Å². The molecule has 0 heterocycles. The van der Waals surface area contributed by atoms with Gasteiger partial charge in [-0.25, -0.2) is 0 Å². The van der Waals surface area contributed by atoms with Gasteiger partial charge in [0.2, 0.25) is 5.91 Å². The lowest BCUT2D eigenvalue weighted by atomic mass is 9.81. The fraction of sp³-hybridized carbons (Fsp3) is 0.550. The molecule has 148 valence electrons. The second-order valence-corrected chi connectivity index (χ2v) is 7.25. The maximum absolute atomic E-state index is 12.4. The van der Waals surface area contributed by atoms with Crippen LogP contribution < -0.4 is 11.5 Å². The van der Waals surface area contributed by atoms with Crippen LogP contribution in [0.1, 0.15) is 44.1 Å². The van der Waals surface area contributed by atoms with Crippen molar-refractivity contribution in [3.8, 4) is 0 Å². The third-order valence-electron chi connectivity index (χ3n) is 5.33. The van der Waals surface area contributed by atoms with Crippen LogP contribution >= 0.6 is 0 Å². The molecule has 0 bridgehead atoms. The number of aliphatic carboxylic acids is 1. The maximum atomic E-state index is 12.4. The van der Waals surface area contributed by atoms with Crippen LogP contribution in [0.3, 0.4) is 0 Å². The Kier molecular flexibility index (Phi) is 7.79. The van der Waals surface area contributed by atoms with Crippen LogP contribution in [0.15, 0.2) is 30.3 Å². The standard InChI is InChI=1S/C20H28N2O5/c21-17(19(24)25)11-16(18(22)23)14-7-4-8-15(10-9-14)20(26)27-12-13-5-2-1-3-6-13/h1-3,5-6,14-17H,4,7-12,21H2,(H2,22,23)(H,24,25). The summed E-state index contributed by atoms with van der Waals surface area (Å²) in [6, 6.07) is 8.38. The molecule has 1 amide bonds. The Bertz CT molecular complexity index is 649. The summed E-state index contributed by atoms with van der Waals surface area (Å²) in [6.07, 6.45) is 3.44. The van der Waals surface area contributed by atoms with E-state index in [0.29, 0.717) is 19.3 Å². The molecule has 4 atom stereocenters. The molecule has 0 aromatic heterocycles. The van der Waals surface area contributed by atoms with Gasteiger partial charge in [0.25, 0.3) is 0 Å². The zero-order valence-electron chi connectivity index (χ0n) is 15.4. The molecule has 4 unspecified atom stereocenters. The molecule has 1 saturated carbocycles. The second-order valence-electron chi connectivity index (χ2n) is 7.25. The number of esters is 1. The Balaban J connectivity index is 1.90. The number of rotatable bonds is 8. The highest BCUT2D eigenvalue weighted by Crippen LogP contribution is 2.34. The van der Waals surface area contributed by atoms with Crippen molar-refractivity contribution in [2.75, 3.05) is 0 Å². The molecule has 1 aliphatic carbocycles. The molecule has 0 radical (unpaired) electrons. The molecule has 7 nitrogen and oxygen atoms in total. The van der Waals surface area contributed by atoms with Gasteiger partial charge in [-0.1, -0.05) is 36.8 Å². The lowest BCUT2D eigenvalue weighted by molar-refractivity contribution is -0.150. The van der Waals surface area contributed by atoms with Crippen LogP contribution in [0.2, 0.25) is 0 Å². The molecule has 0 aliphatic heterocycles. The minimum Gasteiger partial charge on any atom is -0.480 e. The number of carbonyl (C=O) groups excluding carboxylic acids is 2. The van der Waals surface area contributed by atoms with Gasteiger partial charge < -0.3 is 21.3 Å². The van der Waals surface area contributed by atoms with Crippen molar-refractivity contribution in [2.45, 2.75) is 51.2 Å². The molecule has 1 aliphatic rings. The highest BCUT2D eigenvalue weighted by Gasteiger charge is 2.33. The van der Waals surface area contributed by atoms with Gasteiger partial charge in [0.15, 0.2) is 0 Å². The minimum absolute atomic E-state index is 0.0262. The lowest BCUT2D eigenvalue weighted by Crippen LogP contribution is -2.39. The number of amides is 1. The molecule has 1 aromatic carbocycles. The van der Waals surface area contributed by atoms with Crippen molar-refractivity contribution in [3.63, 3.8) is 0 Å². The molecule has 0 spiro atoms. The molecule has 0 saturated heterocycles. The van der Waals surface area contributed by atoms with E-state index >= 15 is 0 Å². The number of primary amides is 1. The Morgan fingerprint density at radius 1 is 1.11 bits per heavy atom. The van der Waals surface area contributed by atoms with Crippen molar-refractivity contribution in [3.05, 3.63) is 35.9 Å². The van der Waals surface area contributed by atoms with Gasteiger partial charge in [-0.05, 0) is 43.6 Å². The van der Waals surface area contributed by atoms with E-state index in [9.17, 15) is 14.4 Å². The molecule has 1 fully saturated rings. The van der Waals surface area contributed by atoms with Gasteiger partial charge >= 0.3 is 11.9 Å². The van der Waals surface area contributed by atoms with E-state index in [1.165, 1.54) is 0 Å². The molecular weight excluding hydrogens is 348 g/mol. The van der Waals surface area contributed by atoms with Gasteiger partial charge in [-0.3, -0.25) is 14.4 Å². The Labute approximate surface area is 159 Å². The first kappa shape index (κ1) is 20.9. The number of ether oxygens (including phenoxy) is 1. The summed E-state index contributed by atoms with van der Waals surface area (Å²) in [5, 5.41) is 9.00. The SMILES string of the molecule is NC(=O)C(CC(N)C(=O)O)C1CCCC(C(=O)OCc2ccccc2)CC1. The van der Waals surface area contributed by atoms with Gasteiger partial charge in [-0.2, -0.15) is 0 Å². The highest BCUT2D eigenvalue weighted by molar-refractivity contribution is 5.79. The fourth-order valence-electron chi connectivity index (χ4n) is 3.73. The van der Waals surface area contributed by atoms with Crippen LogP contribution in [0.5, 0.6) is 0 Å². The van der Waals surface area contributed by atoms with Crippen molar-refractivity contribution in [1.82, 2.24) is 0 Å². The second kappa shape index (κ2) is 10.1. The van der Waals surface area contributed by atoms with Gasteiger partial charge in [0, 0.05) is 5.92 Å². The third-order valence-corrected chi connectivity index (χ3v) is 5.33. The summed E-state index contributed by atoms with van der Waals surface area (Å²) in [6.45, 7) is 0.247. The topological polar surface area (TPSA) is 133 Å². The van der Waals surface area contributed by atoms with Crippen LogP contribution in [0.4, 0.5) is 0 Å². The molecule has 2 rings (SSSR count). The summed E-state index contributed by atoms with van der Waals surface area (Å²) in [5.74, 6) is -2.74. The van der Waals surface area contributed by atoms with Gasteiger partial charge in [-0.15, -0.1) is 0 Å². The van der Waals surface area contributed by atoms with Crippen molar-refractivity contribution in [2.24, 2.45) is 29.2 Å². The number of nitrogens with two attached hydrogens (primary N) is 2. The summed E-state index contributed by atoms with van der Waals surface area (Å²) in [5.41, 5.74) is 12.0. The quantitative estimate of drug-likeness (QED) is 0.468. The normalized spacial score (nSPS) is 22.3. The average Bonchev–Trinajstić information content (AvgIpc) is 2.90. The number of hydrogen-bond donors (Lipinski definition) is 3. The first-order valence-electron chi connectivity index (χ1n) is 9.36. The average molecular weight is 376 g/mol. The summed E-state index contributed by atoms with van der Waals surface area (Å²) in [7, 11) is 0. The maximum Gasteiger partial charge on any atom is 0.320 e. The van der Waals surface area contributed by atoms with E-state index in [-0.39, 0.29) is 30.8 Å². The van der Waals surface area contributed by atoms with E-state index < -0.39 is 23.8 Å². The number of carbonyl (C=O) groups is 3. The monoisotopic (exact) mass is 376 g/mol. The van der Waals surface area contributed by atoms with Gasteiger partial charge in [0.05, 0.1) is 5.92 Å². The molecule has 7 heteroatoms. The lowest BCUT2D eigenvalue weighted by Gasteiger charge is -2.24. The predicted octanol–water partition coefficient (Wildman–Crippen LogP) is 1.83. The minimum atomic E-state index is -1.14. The van der Waals surface area contributed by atoms with Crippen molar-refractivity contribution < 1.29 is 24.2 Å². The zero-order chi connectivity index (χ0) is 19.8. The number of carboxylic acid groups (broad SMARTS) is 1. The third kappa shape index (κ3) is 6.36. The Hall–Kier alpha value is -2.41. The van der Waals surface area contributed by atoms with Crippen molar-refractivity contribution >= 4 is 17.8 Å². The molecule has 27 heavy (non-hydrogen) atoms. The highest BCUT2D eigenvalue weighted by atomic mass is 16.5. The molecular formula is C20H28N2O5. The van der Waals surface area contributed by atoms with Gasteiger partial charge in [0.1, 0.15) is 12.6 Å². The van der Waals surface area contributed by atoms with Crippen LogP contribution in [-0.2, 0) is 25.7 Å². The van der Waals surface area contributed by atoms with E-state index in [1.54, 1.807) is 0 Å². The first-order chi connectivity index (χ1) is 12.9. The number of hydrogen-bond acceptors (Lipinski definition) is 5. The number of benzene rings is 1. The van der Waals surface area contributed by atoms with E-state index in [0.717, 1.165) is 18.4 Å². The van der Waals surface area contributed by atoms with Crippen LogP contribution in [0, 0.1) is 17.8 Å². The Morgan fingerprint density at radius 3 is 2.44 bits per heavy atom. The summed E-state index contributed by atoms with van der Waals surface area (Å²) in [4.78, 5) is 35.2. The first-order valence-corrected chi connectivity index (χ1v) is 9.36.